The molecule has 1 N–H and O–H groups in total. The molecule has 1 aliphatic carbocycles. The van der Waals surface area contributed by atoms with E-state index in [1.165, 1.54) is 0 Å². The van der Waals surface area contributed by atoms with Gasteiger partial charge in [0.2, 0.25) is 11.8 Å². The Labute approximate surface area is 155 Å². The van der Waals surface area contributed by atoms with Crippen LogP contribution in [-0.2, 0) is 16.0 Å². The van der Waals surface area contributed by atoms with Crippen molar-refractivity contribution >= 4 is 34.5 Å². The molecule has 3 heterocycles. The lowest BCUT2D eigenvalue weighted by molar-refractivity contribution is -0.131. The average Bonchev–Trinajstić information content (AvgIpc) is 3.13. The van der Waals surface area contributed by atoms with Crippen molar-refractivity contribution in [2.75, 3.05) is 13.1 Å². The van der Waals surface area contributed by atoms with Crippen LogP contribution in [0.1, 0.15) is 31.4 Å². The Bertz CT molecular complexity index is 744. The number of nitrogens with one attached hydrogen (secondary N) is 1. The summed E-state index contributed by atoms with van der Waals surface area (Å²) < 4.78 is 0. The third kappa shape index (κ3) is 4.10. The van der Waals surface area contributed by atoms with Gasteiger partial charge < -0.3 is 10.2 Å². The zero-order chi connectivity index (χ0) is 17.2. The molecule has 0 bridgehead atoms. The molecule has 2 fully saturated rings. The van der Waals surface area contributed by atoms with Gasteiger partial charge in [0.15, 0.2) is 0 Å². The van der Waals surface area contributed by atoms with Gasteiger partial charge in [-0.3, -0.25) is 9.59 Å². The third-order valence-corrected chi connectivity index (χ3v) is 6.42. The molecular weight excluding hydrogens is 354 g/mol. The lowest BCUT2D eigenvalue weighted by Crippen LogP contribution is -2.47. The SMILES string of the molecule is O=C(NC1CCN(C(=O)Cc2csc(-c3ccsc3)n2)CC1)C1CC1. The normalized spacial score (nSPS) is 18.3. The second-order valence-corrected chi connectivity index (χ2v) is 8.41. The highest BCUT2D eigenvalue weighted by Crippen LogP contribution is 2.29. The van der Waals surface area contributed by atoms with E-state index in [9.17, 15) is 9.59 Å². The second-order valence-electron chi connectivity index (χ2n) is 6.77. The first-order valence-corrected chi connectivity index (χ1v) is 10.6. The van der Waals surface area contributed by atoms with Gasteiger partial charge in [-0.2, -0.15) is 11.3 Å². The fourth-order valence-corrected chi connectivity index (χ4v) is 4.64. The molecule has 2 aromatic heterocycles. The van der Waals surface area contributed by atoms with E-state index in [0.717, 1.165) is 55.0 Å². The quantitative estimate of drug-likeness (QED) is 0.874. The summed E-state index contributed by atoms with van der Waals surface area (Å²) in [7, 11) is 0. The van der Waals surface area contributed by atoms with Gasteiger partial charge in [0.05, 0.1) is 12.1 Å². The lowest BCUT2D eigenvalue weighted by Gasteiger charge is -2.32. The lowest BCUT2D eigenvalue weighted by atomic mass is 10.0. The number of thiophene rings is 1. The maximum atomic E-state index is 12.5. The molecule has 1 aliphatic heterocycles. The van der Waals surface area contributed by atoms with Gasteiger partial charge in [0, 0.05) is 41.4 Å². The zero-order valence-corrected chi connectivity index (χ0v) is 15.6. The van der Waals surface area contributed by atoms with Crippen LogP contribution in [0.3, 0.4) is 0 Å². The molecule has 25 heavy (non-hydrogen) atoms. The van der Waals surface area contributed by atoms with Gasteiger partial charge in [-0.1, -0.05) is 0 Å². The molecule has 4 rings (SSSR count). The van der Waals surface area contributed by atoms with Crippen molar-refractivity contribution < 1.29 is 9.59 Å². The van der Waals surface area contributed by atoms with Crippen LogP contribution < -0.4 is 5.32 Å². The van der Waals surface area contributed by atoms with E-state index in [1.54, 1.807) is 22.7 Å². The molecule has 132 valence electrons. The van der Waals surface area contributed by atoms with E-state index in [0.29, 0.717) is 6.42 Å². The minimum absolute atomic E-state index is 0.133. The van der Waals surface area contributed by atoms with Crippen molar-refractivity contribution in [1.82, 2.24) is 15.2 Å². The molecule has 2 aromatic rings. The zero-order valence-electron chi connectivity index (χ0n) is 13.9. The predicted octanol–water partition coefficient (Wildman–Crippen LogP) is 2.93. The first kappa shape index (κ1) is 16.7. The largest absolute Gasteiger partial charge is 0.353 e. The Kier molecular flexibility index (Phi) is 4.85. The number of hydrogen-bond acceptors (Lipinski definition) is 5. The first-order valence-electron chi connectivity index (χ1n) is 8.74. The van der Waals surface area contributed by atoms with E-state index < -0.39 is 0 Å². The first-order chi connectivity index (χ1) is 12.2. The van der Waals surface area contributed by atoms with E-state index in [4.69, 9.17) is 0 Å². The molecule has 0 unspecified atom stereocenters. The van der Waals surface area contributed by atoms with Crippen molar-refractivity contribution in [2.24, 2.45) is 5.92 Å². The summed E-state index contributed by atoms with van der Waals surface area (Å²) in [6.45, 7) is 1.44. The number of amides is 2. The van der Waals surface area contributed by atoms with Crippen molar-refractivity contribution in [3.63, 3.8) is 0 Å². The molecule has 2 amide bonds. The minimum Gasteiger partial charge on any atom is -0.353 e. The predicted molar refractivity (Wildman–Crippen MR) is 99.6 cm³/mol. The summed E-state index contributed by atoms with van der Waals surface area (Å²) >= 11 is 3.24. The molecule has 7 heteroatoms. The van der Waals surface area contributed by atoms with Crippen molar-refractivity contribution in [1.29, 1.82) is 0 Å². The molecule has 0 atom stereocenters. The summed E-state index contributed by atoms with van der Waals surface area (Å²) in [5.74, 6) is 0.587. The third-order valence-electron chi connectivity index (χ3n) is 4.79. The number of likely N-dealkylation sites (tertiary alicyclic amines) is 1. The van der Waals surface area contributed by atoms with Crippen LogP contribution >= 0.6 is 22.7 Å². The van der Waals surface area contributed by atoms with Gasteiger partial charge in [-0.25, -0.2) is 4.98 Å². The van der Waals surface area contributed by atoms with Gasteiger partial charge in [-0.15, -0.1) is 11.3 Å². The Morgan fingerprint density at radius 3 is 2.68 bits per heavy atom. The fraction of sp³-hybridized carbons (Fsp3) is 0.500. The van der Waals surface area contributed by atoms with Gasteiger partial charge in [-0.05, 0) is 37.1 Å². The number of nitrogens with zero attached hydrogens (tertiary/aromatic N) is 2. The highest BCUT2D eigenvalue weighted by Gasteiger charge is 2.32. The van der Waals surface area contributed by atoms with Crippen LogP contribution in [0, 0.1) is 5.92 Å². The smallest absolute Gasteiger partial charge is 0.228 e. The summed E-state index contributed by atoms with van der Waals surface area (Å²) in [5.41, 5.74) is 1.97. The summed E-state index contributed by atoms with van der Waals surface area (Å²) in [6.07, 6.45) is 4.12. The van der Waals surface area contributed by atoms with Crippen LogP contribution in [0.5, 0.6) is 0 Å². The number of rotatable bonds is 5. The Morgan fingerprint density at radius 2 is 2.00 bits per heavy atom. The van der Waals surface area contributed by atoms with E-state index in [-0.39, 0.29) is 23.8 Å². The van der Waals surface area contributed by atoms with E-state index in [2.05, 4.69) is 21.7 Å². The summed E-state index contributed by atoms with van der Waals surface area (Å²) in [6, 6.07) is 2.28. The number of thiazole rings is 1. The van der Waals surface area contributed by atoms with Crippen molar-refractivity contribution in [2.45, 2.75) is 38.1 Å². The van der Waals surface area contributed by atoms with Gasteiger partial charge >= 0.3 is 0 Å². The van der Waals surface area contributed by atoms with Crippen LogP contribution in [0.15, 0.2) is 22.2 Å². The van der Waals surface area contributed by atoms with Gasteiger partial charge in [0.25, 0.3) is 0 Å². The van der Waals surface area contributed by atoms with Crippen LogP contribution in [0.2, 0.25) is 0 Å². The van der Waals surface area contributed by atoms with Crippen molar-refractivity contribution in [3.05, 3.63) is 27.9 Å². The Hall–Kier alpha value is -1.73. The van der Waals surface area contributed by atoms with Gasteiger partial charge in [0.1, 0.15) is 5.01 Å². The molecule has 5 nitrogen and oxygen atoms in total. The summed E-state index contributed by atoms with van der Waals surface area (Å²) in [5, 5.41) is 10.2. The topological polar surface area (TPSA) is 62.3 Å². The van der Waals surface area contributed by atoms with Crippen LogP contribution in [-0.4, -0.2) is 40.8 Å². The second kappa shape index (κ2) is 7.25. The van der Waals surface area contributed by atoms with E-state index in [1.807, 2.05) is 15.7 Å². The molecule has 1 saturated carbocycles. The standard InChI is InChI=1S/C18H21N3O2S2/c22-16(9-15-11-25-18(20-15)13-5-8-24-10-13)21-6-3-14(4-7-21)19-17(23)12-1-2-12/h5,8,10-12,14H,1-4,6-7,9H2,(H,19,23). The molecule has 0 radical (unpaired) electrons. The maximum Gasteiger partial charge on any atom is 0.228 e. The Balaban J connectivity index is 1.27. The van der Waals surface area contributed by atoms with Crippen LogP contribution in [0.4, 0.5) is 0 Å². The maximum absolute atomic E-state index is 12.5. The highest BCUT2D eigenvalue weighted by atomic mass is 32.1. The number of piperidine rings is 1. The fourth-order valence-electron chi connectivity index (χ4n) is 3.11. The summed E-state index contributed by atoms with van der Waals surface area (Å²) in [4.78, 5) is 30.8. The molecule has 0 aromatic carbocycles. The number of carbonyl (C=O) groups is 2. The van der Waals surface area contributed by atoms with Crippen molar-refractivity contribution in [3.8, 4) is 10.6 Å². The van der Waals surface area contributed by atoms with E-state index >= 15 is 0 Å². The minimum atomic E-state index is 0.133. The number of hydrogen-bond donors (Lipinski definition) is 1. The number of carbonyl (C=O) groups excluding carboxylic acids is 2. The molecular formula is C18H21N3O2S2. The molecule has 2 aliphatic rings. The Morgan fingerprint density at radius 1 is 1.20 bits per heavy atom. The monoisotopic (exact) mass is 375 g/mol. The molecule has 1 saturated heterocycles. The number of aromatic nitrogens is 1. The average molecular weight is 376 g/mol. The van der Waals surface area contributed by atoms with Crippen LogP contribution in [0.25, 0.3) is 10.6 Å². The molecule has 0 spiro atoms. The highest BCUT2D eigenvalue weighted by molar-refractivity contribution is 7.14.